The molecule has 2 aromatic rings. The number of urea groups is 1. The highest BCUT2D eigenvalue weighted by atomic mass is 16.2. The molecule has 1 saturated heterocycles. The third kappa shape index (κ3) is 2.86. The smallest absolute Gasteiger partial charge is 0.320 e. The van der Waals surface area contributed by atoms with E-state index in [4.69, 9.17) is 0 Å². The van der Waals surface area contributed by atoms with Crippen molar-refractivity contribution < 1.29 is 4.79 Å². The van der Waals surface area contributed by atoms with Crippen molar-refractivity contribution in [3.05, 3.63) is 47.9 Å². The maximum atomic E-state index is 12.7. The van der Waals surface area contributed by atoms with Gasteiger partial charge in [0.15, 0.2) is 0 Å². The van der Waals surface area contributed by atoms with E-state index in [2.05, 4.69) is 22.1 Å². The van der Waals surface area contributed by atoms with Crippen molar-refractivity contribution in [1.82, 2.24) is 19.8 Å². The molecule has 0 N–H and O–H groups in total. The fourth-order valence-electron chi connectivity index (χ4n) is 3.67. The minimum atomic E-state index is 0.189. The highest BCUT2D eigenvalue weighted by molar-refractivity contribution is 5.75. The van der Waals surface area contributed by atoms with Crippen LogP contribution in [0.2, 0.25) is 0 Å². The van der Waals surface area contributed by atoms with Gasteiger partial charge in [0, 0.05) is 49.4 Å². The maximum absolute atomic E-state index is 12.7. The van der Waals surface area contributed by atoms with Gasteiger partial charge in [0.25, 0.3) is 0 Å². The van der Waals surface area contributed by atoms with Crippen LogP contribution in [0.4, 0.5) is 4.79 Å². The van der Waals surface area contributed by atoms with Gasteiger partial charge < -0.3 is 9.80 Å². The van der Waals surface area contributed by atoms with E-state index in [1.54, 1.807) is 6.33 Å². The molecule has 1 aromatic carbocycles. The van der Waals surface area contributed by atoms with Crippen LogP contribution in [0.5, 0.6) is 0 Å². The number of fused-ring (bicyclic) bond motifs is 1. The maximum Gasteiger partial charge on any atom is 0.320 e. The first-order valence-electron chi connectivity index (χ1n) is 8.75. The zero-order valence-corrected chi connectivity index (χ0v) is 13.8. The Morgan fingerprint density at radius 1 is 0.875 bits per heavy atom. The van der Waals surface area contributed by atoms with E-state index in [0.717, 1.165) is 68.8 Å². The van der Waals surface area contributed by atoms with Gasteiger partial charge in [0.1, 0.15) is 6.33 Å². The molecule has 0 unspecified atom stereocenters. The monoisotopic (exact) mass is 322 g/mol. The second-order valence-corrected chi connectivity index (χ2v) is 6.48. The Balaban J connectivity index is 1.58. The quantitative estimate of drug-likeness (QED) is 0.811. The van der Waals surface area contributed by atoms with Crippen molar-refractivity contribution in [2.45, 2.75) is 25.7 Å². The molecule has 1 fully saturated rings. The van der Waals surface area contributed by atoms with Crippen molar-refractivity contribution in [3.63, 3.8) is 0 Å². The number of hydrogen-bond acceptors (Lipinski definition) is 3. The first kappa shape index (κ1) is 15.1. The van der Waals surface area contributed by atoms with Crippen molar-refractivity contribution in [2.24, 2.45) is 0 Å². The van der Waals surface area contributed by atoms with Crippen molar-refractivity contribution in [3.8, 4) is 11.3 Å². The summed E-state index contributed by atoms with van der Waals surface area (Å²) in [7, 11) is 0. The molecule has 24 heavy (non-hydrogen) atoms. The van der Waals surface area contributed by atoms with Crippen LogP contribution in [-0.4, -0.2) is 52.0 Å². The largest absolute Gasteiger partial charge is 0.325 e. The molecule has 0 radical (unpaired) electrons. The molecule has 2 aliphatic heterocycles. The number of nitrogens with zero attached hydrogens (tertiary/aromatic N) is 4. The van der Waals surface area contributed by atoms with Gasteiger partial charge in [0.2, 0.25) is 0 Å². The molecule has 4 rings (SSSR count). The molecule has 2 aliphatic rings. The van der Waals surface area contributed by atoms with Gasteiger partial charge in [-0.1, -0.05) is 30.3 Å². The predicted molar refractivity (Wildman–Crippen MR) is 92.7 cm³/mol. The van der Waals surface area contributed by atoms with Crippen LogP contribution < -0.4 is 0 Å². The number of benzene rings is 1. The normalized spacial score (nSPS) is 17.5. The average Bonchev–Trinajstić information content (AvgIpc) is 3.08. The number of hydrogen-bond donors (Lipinski definition) is 0. The molecule has 2 amide bonds. The number of carbonyl (C=O) groups excluding carboxylic acids is 1. The summed E-state index contributed by atoms with van der Waals surface area (Å²) in [6, 6.07) is 10.4. The first-order valence-corrected chi connectivity index (χ1v) is 8.75. The van der Waals surface area contributed by atoms with Crippen LogP contribution in [0.15, 0.2) is 36.7 Å². The lowest BCUT2D eigenvalue weighted by molar-refractivity contribution is 0.164. The summed E-state index contributed by atoms with van der Waals surface area (Å²) in [6.45, 7) is 3.29. The van der Waals surface area contributed by atoms with E-state index in [-0.39, 0.29) is 6.03 Å². The summed E-state index contributed by atoms with van der Waals surface area (Å²) in [4.78, 5) is 25.7. The fraction of sp³-hybridized carbons (Fsp3) is 0.421. The van der Waals surface area contributed by atoms with Gasteiger partial charge in [-0.2, -0.15) is 0 Å². The lowest BCUT2D eigenvalue weighted by Gasteiger charge is -2.26. The second-order valence-electron chi connectivity index (χ2n) is 6.48. The first-order chi connectivity index (χ1) is 11.8. The lowest BCUT2D eigenvalue weighted by Crippen LogP contribution is -2.42. The lowest BCUT2D eigenvalue weighted by atomic mass is 10.0. The van der Waals surface area contributed by atoms with Gasteiger partial charge in [-0.25, -0.2) is 14.8 Å². The summed E-state index contributed by atoms with van der Waals surface area (Å²) < 4.78 is 0. The summed E-state index contributed by atoms with van der Waals surface area (Å²) >= 11 is 0. The number of amides is 2. The Kier molecular flexibility index (Phi) is 4.15. The van der Waals surface area contributed by atoms with E-state index in [9.17, 15) is 4.79 Å². The Bertz CT molecular complexity index is 725. The number of carbonyl (C=O) groups is 1. The third-order valence-corrected chi connectivity index (χ3v) is 4.98. The van der Waals surface area contributed by atoms with Gasteiger partial charge in [-0.15, -0.1) is 0 Å². The Labute approximate surface area is 142 Å². The van der Waals surface area contributed by atoms with E-state index < -0.39 is 0 Å². The van der Waals surface area contributed by atoms with Crippen LogP contribution in [-0.2, 0) is 12.8 Å². The zero-order valence-electron chi connectivity index (χ0n) is 13.8. The summed E-state index contributed by atoms with van der Waals surface area (Å²) in [5.74, 6) is 0. The Hall–Kier alpha value is -2.43. The molecule has 5 heteroatoms. The van der Waals surface area contributed by atoms with E-state index in [1.807, 2.05) is 28.0 Å². The standard InChI is InChI=1S/C19H22N4O/c24-19(22-10-4-5-11-22)23-12-8-16-17(9-13-23)20-14-21-18(16)15-6-2-1-3-7-15/h1-3,6-7,14H,4-5,8-13H2. The molecule has 0 atom stereocenters. The van der Waals surface area contributed by atoms with Crippen LogP contribution >= 0.6 is 0 Å². The molecule has 124 valence electrons. The predicted octanol–water partition coefficient (Wildman–Crippen LogP) is 2.76. The molecular weight excluding hydrogens is 300 g/mol. The summed E-state index contributed by atoms with van der Waals surface area (Å²) in [6.07, 6.45) is 5.53. The second kappa shape index (κ2) is 6.59. The third-order valence-electron chi connectivity index (χ3n) is 4.98. The van der Waals surface area contributed by atoms with Gasteiger partial charge >= 0.3 is 6.03 Å². The van der Waals surface area contributed by atoms with Crippen LogP contribution in [0.1, 0.15) is 24.1 Å². The topological polar surface area (TPSA) is 49.3 Å². The molecule has 0 aliphatic carbocycles. The fourth-order valence-corrected chi connectivity index (χ4v) is 3.67. The van der Waals surface area contributed by atoms with Gasteiger partial charge in [-0.05, 0) is 19.3 Å². The van der Waals surface area contributed by atoms with Crippen LogP contribution in [0.25, 0.3) is 11.3 Å². The van der Waals surface area contributed by atoms with E-state index in [0.29, 0.717) is 0 Å². The molecule has 0 saturated carbocycles. The van der Waals surface area contributed by atoms with Gasteiger partial charge in [0.05, 0.1) is 5.69 Å². The number of rotatable bonds is 1. The Morgan fingerprint density at radius 3 is 2.38 bits per heavy atom. The van der Waals surface area contributed by atoms with E-state index >= 15 is 0 Å². The number of likely N-dealkylation sites (tertiary alicyclic amines) is 1. The molecular formula is C19H22N4O. The molecule has 3 heterocycles. The average molecular weight is 322 g/mol. The molecule has 1 aromatic heterocycles. The van der Waals surface area contributed by atoms with Crippen molar-refractivity contribution in [2.75, 3.05) is 26.2 Å². The molecule has 5 nitrogen and oxygen atoms in total. The highest BCUT2D eigenvalue weighted by Gasteiger charge is 2.26. The number of aromatic nitrogens is 2. The SMILES string of the molecule is O=C(N1CCCC1)N1CCc2ncnc(-c3ccccc3)c2CC1. The Morgan fingerprint density at radius 2 is 1.58 bits per heavy atom. The van der Waals surface area contributed by atoms with E-state index in [1.165, 1.54) is 5.56 Å². The van der Waals surface area contributed by atoms with Crippen LogP contribution in [0.3, 0.4) is 0 Å². The zero-order chi connectivity index (χ0) is 16.4. The van der Waals surface area contributed by atoms with Gasteiger partial charge in [-0.3, -0.25) is 0 Å². The van der Waals surface area contributed by atoms with Crippen molar-refractivity contribution >= 4 is 6.03 Å². The summed E-state index contributed by atoms with van der Waals surface area (Å²) in [5, 5.41) is 0. The van der Waals surface area contributed by atoms with Crippen LogP contribution in [0, 0.1) is 0 Å². The molecule has 0 bridgehead atoms. The minimum Gasteiger partial charge on any atom is -0.325 e. The molecule has 0 spiro atoms. The minimum absolute atomic E-state index is 0.189. The summed E-state index contributed by atoms with van der Waals surface area (Å²) in [5.41, 5.74) is 4.41. The van der Waals surface area contributed by atoms with Crippen molar-refractivity contribution in [1.29, 1.82) is 0 Å². The highest BCUT2D eigenvalue weighted by Crippen LogP contribution is 2.26.